The van der Waals surface area contributed by atoms with Crippen molar-refractivity contribution in [3.8, 4) is 5.75 Å². The molecule has 0 aliphatic carbocycles. The highest BCUT2D eigenvalue weighted by Gasteiger charge is 2.23. The number of halogens is 3. The Bertz CT molecular complexity index is 470. The summed E-state index contributed by atoms with van der Waals surface area (Å²) in [5.74, 6) is -0.0493. The molecule has 1 N–H and O–H groups in total. The van der Waals surface area contributed by atoms with E-state index in [1.165, 1.54) is 24.3 Å². The van der Waals surface area contributed by atoms with Gasteiger partial charge >= 0.3 is 6.61 Å². The van der Waals surface area contributed by atoms with E-state index in [9.17, 15) is 18.7 Å². The van der Waals surface area contributed by atoms with Crippen molar-refractivity contribution in [2.75, 3.05) is 19.7 Å². The van der Waals surface area contributed by atoms with Crippen molar-refractivity contribution in [2.45, 2.75) is 31.9 Å². The lowest BCUT2D eigenvalue weighted by atomic mass is 10.0. The first-order chi connectivity index (χ1) is 10.1. The lowest BCUT2D eigenvalue weighted by Gasteiger charge is -2.33. The standard InChI is InChI=1S/C15H19F2NO3.BrH/c16-15(17)21-13-6-4-11(5-7-13)14(20)9-18-8-2-1-3-12(18)10-19;/h4-7,12,15,19H,1-3,8-10H2;1H/p-1. The second kappa shape index (κ2) is 9.17. The maximum atomic E-state index is 12.2. The van der Waals surface area contributed by atoms with E-state index in [0.29, 0.717) is 5.56 Å². The molecule has 0 spiro atoms. The van der Waals surface area contributed by atoms with E-state index >= 15 is 0 Å². The fourth-order valence-corrected chi connectivity index (χ4v) is 2.57. The summed E-state index contributed by atoms with van der Waals surface area (Å²) in [7, 11) is 0. The summed E-state index contributed by atoms with van der Waals surface area (Å²) < 4.78 is 28.3. The third-order valence-electron chi connectivity index (χ3n) is 3.71. The number of nitrogens with zero attached hydrogens (tertiary/aromatic N) is 1. The van der Waals surface area contributed by atoms with E-state index in [-0.39, 0.29) is 47.7 Å². The Hall–Kier alpha value is -1.05. The number of hydrogen-bond donors (Lipinski definition) is 1. The molecule has 1 saturated heterocycles. The maximum Gasteiger partial charge on any atom is 0.387 e. The third kappa shape index (κ3) is 5.30. The number of carbonyl (C=O) groups is 1. The molecular formula is C15H19BrF2NO3-. The molecule has 1 atom stereocenters. The van der Waals surface area contributed by atoms with Crippen LogP contribution in [0.15, 0.2) is 24.3 Å². The normalized spacial score (nSPS) is 18.8. The first-order valence-corrected chi connectivity index (χ1v) is 7.03. The van der Waals surface area contributed by atoms with Crippen molar-refractivity contribution >= 4 is 5.78 Å². The number of ketones is 1. The average molecular weight is 379 g/mol. The zero-order valence-electron chi connectivity index (χ0n) is 12.1. The number of ether oxygens (including phenoxy) is 1. The lowest BCUT2D eigenvalue weighted by Crippen LogP contribution is -3.00. The zero-order valence-corrected chi connectivity index (χ0v) is 13.6. The molecular weight excluding hydrogens is 360 g/mol. The summed E-state index contributed by atoms with van der Waals surface area (Å²) in [4.78, 5) is 14.2. The van der Waals surface area contributed by atoms with E-state index in [1.54, 1.807) is 0 Å². The van der Waals surface area contributed by atoms with Crippen LogP contribution in [-0.2, 0) is 0 Å². The molecule has 1 aliphatic heterocycles. The van der Waals surface area contributed by atoms with Gasteiger partial charge in [-0.25, -0.2) is 0 Å². The topological polar surface area (TPSA) is 49.8 Å². The van der Waals surface area contributed by atoms with Crippen LogP contribution in [-0.4, -0.2) is 48.1 Å². The van der Waals surface area contributed by atoms with Gasteiger partial charge in [0.1, 0.15) is 5.75 Å². The van der Waals surface area contributed by atoms with Gasteiger partial charge in [0.05, 0.1) is 13.2 Å². The number of hydrogen-bond acceptors (Lipinski definition) is 4. The van der Waals surface area contributed by atoms with E-state index < -0.39 is 6.61 Å². The second-order valence-corrected chi connectivity index (χ2v) is 5.13. The molecule has 0 aromatic heterocycles. The number of Topliss-reactive ketones (excluding diaryl/α,β-unsaturated/α-hetero) is 1. The molecule has 1 heterocycles. The monoisotopic (exact) mass is 378 g/mol. The van der Waals surface area contributed by atoms with Crippen molar-refractivity contribution in [3.05, 3.63) is 29.8 Å². The highest BCUT2D eigenvalue weighted by atomic mass is 79.9. The van der Waals surface area contributed by atoms with Gasteiger partial charge in [-0.05, 0) is 43.7 Å². The number of likely N-dealkylation sites (tertiary alicyclic amines) is 1. The van der Waals surface area contributed by atoms with Crippen LogP contribution in [0.3, 0.4) is 0 Å². The minimum Gasteiger partial charge on any atom is -1.00 e. The van der Waals surface area contributed by atoms with Gasteiger partial charge in [-0.3, -0.25) is 9.69 Å². The molecule has 1 fully saturated rings. The molecule has 1 aliphatic rings. The summed E-state index contributed by atoms with van der Waals surface area (Å²) >= 11 is 0. The predicted octanol–water partition coefficient (Wildman–Crippen LogP) is -0.678. The van der Waals surface area contributed by atoms with Crippen LogP contribution in [0, 0.1) is 0 Å². The molecule has 0 amide bonds. The Balaban J connectivity index is 0.00000242. The van der Waals surface area contributed by atoms with E-state index in [4.69, 9.17) is 0 Å². The van der Waals surface area contributed by atoms with Gasteiger partial charge in [0, 0.05) is 11.6 Å². The molecule has 7 heteroatoms. The van der Waals surface area contributed by atoms with Crippen molar-refractivity contribution in [1.82, 2.24) is 4.90 Å². The van der Waals surface area contributed by atoms with Crippen molar-refractivity contribution in [2.24, 2.45) is 0 Å². The fraction of sp³-hybridized carbons (Fsp3) is 0.533. The Labute approximate surface area is 138 Å². The number of rotatable bonds is 6. The molecule has 1 aromatic carbocycles. The Kier molecular flexibility index (Phi) is 7.92. The largest absolute Gasteiger partial charge is 1.00 e. The van der Waals surface area contributed by atoms with Crippen LogP contribution in [0.2, 0.25) is 0 Å². The molecule has 1 aromatic rings. The van der Waals surface area contributed by atoms with Crippen molar-refractivity contribution < 1.29 is 40.4 Å². The Morgan fingerprint density at radius 2 is 2.00 bits per heavy atom. The maximum absolute atomic E-state index is 12.2. The molecule has 0 bridgehead atoms. The number of alkyl halides is 2. The van der Waals surface area contributed by atoms with Crippen molar-refractivity contribution in [3.63, 3.8) is 0 Å². The summed E-state index contributed by atoms with van der Waals surface area (Å²) in [6, 6.07) is 5.72. The summed E-state index contributed by atoms with van der Waals surface area (Å²) in [5, 5.41) is 9.32. The van der Waals surface area contributed by atoms with Crippen LogP contribution < -0.4 is 21.7 Å². The van der Waals surface area contributed by atoms with Crippen LogP contribution in [0.5, 0.6) is 5.75 Å². The third-order valence-corrected chi connectivity index (χ3v) is 3.71. The molecule has 2 rings (SSSR count). The lowest BCUT2D eigenvalue weighted by molar-refractivity contribution is -0.0498. The SMILES string of the molecule is O=C(CN1CCCCC1CO)c1ccc(OC(F)F)cc1.[Br-]. The van der Waals surface area contributed by atoms with Gasteiger partial charge in [-0.1, -0.05) is 6.42 Å². The first-order valence-electron chi connectivity index (χ1n) is 7.03. The van der Waals surface area contributed by atoms with Gasteiger partial charge < -0.3 is 26.8 Å². The smallest absolute Gasteiger partial charge is 0.387 e. The van der Waals surface area contributed by atoms with E-state index in [1.807, 2.05) is 4.90 Å². The van der Waals surface area contributed by atoms with Gasteiger partial charge in [-0.2, -0.15) is 8.78 Å². The minimum absolute atomic E-state index is 0. The van der Waals surface area contributed by atoms with Gasteiger partial charge in [0.15, 0.2) is 5.78 Å². The fourth-order valence-electron chi connectivity index (χ4n) is 2.57. The van der Waals surface area contributed by atoms with Crippen LogP contribution in [0.25, 0.3) is 0 Å². The number of carbonyl (C=O) groups excluding carboxylic acids is 1. The molecule has 124 valence electrons. The quantitative estimate of drug-likeness (QED) is 0.666. The highest BCUT2D eigenvalue weighted by molar-refractivity contribution is 5.97. The predicted molar refractivity (Wildman–Crippen MR) is 73.7 cm³/mol. The Morgan fingerprint density at radius 3 is 2.59 bits per heavy atom. The summed E-state index contributed by atoms with van der Waals surface area (Å²) in [6.07, 6.45) is 2.98. The van der Waals surface area contributed by atoms with Gasteiger partial charge in [0.2, 0.25) is 0 Å². The van der Waals surface area contributed by atoms with Crippen LogP contribution >= 0.6 is 0 Å². The Morgan fingerprint density at radius 1 is 1.32 bits per heavy atom. The van der Waals surface area contributed by atoms with E-state index in [0.717, 1.165) is 25.8 Å². The molecule has 0 radical (unpaired) electrons. The zero-order chi connectivity index (χ0) is 15.2. The van der Waals surface area contributed by atoms with E-state index in [2.05, 4.69) is 4.74 Å². The molecule has 22 heavy (non-hydrogen) atoms. The van der Waals surface area contributed by atoms with Crippen LogP contribution in [0.4, 0.5) is 8.78 Å². The molecule has 1 unspecified atom stereocenters. The minimum atomic E-state index is -2.87. The van der Waals surface area contributed by atoms with Gasteiger partial charge in [-0.15, -0.1) is 0 Å². The number of piperidine rings is 1. The first kappa shape index (κ1) is 19.0. The molecule has 0 saturated carbocycles. The second-order valence-electron chi connectivity index (χ2n) is 5.13. The summed E-state index contributed by atoms with van der Waals surface area (Å²) in [5.41, 5.74) is 0.457. The van der Waals surface area contributed by atoms with Crippen LogP contribution in [0.1, 0.15) is 29.6 Å². The summed E-state index contributed by atoms with van der Waals surface area (Å²) in [6.45, 7) is -1.79. The average Bonchev–Trinajstić information content (AvgIpc) is 2.48. The number of aliphatic hydroxyl groups is 1. The molecule has 4 nitrogen and oxygen atoms in total. The number of benzene rings is 1. The van der Waals surface area contributed by atoms with Crippen molar-refractivity contribution in [1.29, 1.82) is 0 Å². The number of aliphatic hydroxyl groups excluding tert-OH is 1. The highest BCUT2D eigenvalue weighted by Crippen LogP contribution is 2.19. The van der Waals surface area contributed by atoms with Gasteiger partial charge in [0.25, 0.3) is 0 Å².